The lowest BCUT2D eigenvalue weighted by Crippen LogP contribution is -2.51. The zero-order chi connectivity index (χ0) is 16.7. The minimum absolute atomic E-state index is 0.0556. The molecule has 6 heteroatoms. The molecular formula is C18H19N3O3. The van der Waals surface area contributed by atoms with Gasteiger partial charge in [-0.1, -0.05) is 24.3 Å². The number of carboxylic acids is 1. The molecule has 2 heterocycles. The molecular weight excluding hydrogens is 306 g/mol. The Labute approximate surface area is 139 Å². The number of fused-ring (bicyclic) bond motifs is 1. The first-order valence-corrected chi connectivity index (χ1v) is 8.17. The quantitative estimate of drug-likeness (QED) is 0.928. The lowest BCUT2D eigenvalue weighted by molar-refractivity contribution is -0.154. The predicted molar refractivity (Wildman–Crippen MR) is 86.0 cm³/mol. The summed E-state index contributed by atoms with van der Waals surface area (Å²) in [6.45, 7) is 0.885. The average molecular weight is 325 g/mol. The highest BCUT2D eigenvalue weighted by molar-refractivity contribution is 5.90. The van der Waals surface area contributed by atoms with Gasteiger partial charge in [0.15, 0.2) is 0 Å². The number of aliphatic carboxylic acids is 1. The summed E-state index contributed by atoms with van der Waals surface area (Å²) in [7, 11) is 0. The van der Waals surface area contributed by atoms with Crippen molar-refractivity contribution < 1.29 is 14.7 Å². The van der Waals surface area contributed by atoms with Crippen molar-refractivity contribution in [3.8, 4) is 0 Å². The second-order valence-electron chi connectivity index (χ2n) is 6.74. The molecule has 0 saturated heterocycles. The number of nitrogens with zero attached hydrogens (tertiary/aromatic N) is 3. The fraction of sp³-hybridized carbons (Fsp3) is 0.389. The third-order valence-electron chi connectivity index (χ3n) is 5.13. The fourth-order valence-corrected chi connectivity index (χ4v) is 3.56. The number of hydrogen-bond donors (Lipinski definition) is 1. The summed E-state index contributed by atoms with van der Waals surface area (Å²) in [6.07, 6.45) is 5.48. The van der Waals surface area contributed by atoms with Gasteiger partial charge in [0.05, 0.1) is 12.0 Å². The third-order valence-corrected chi connectivity index (χ3v) is 5.13. The van der Waals surface area contributed by atoms with Gasteiger partial charge in [-0.25, -0.2) is 4.79 Å². The maximum Gasteiger partial charge on any atom is 0.326 e. The van der Waals surface area contributed by atoms with Gasteiger partial charge in [-0.2, -0.15) is 5.10 Å². The molecule has 1 fully saturated rings. The summed E-state index contributed by atoms with van der Waals surface area (Å²) in [6, 6.07) is 8.80. The van der Waals surface area contributed by atoms with Crippen LogP contribution in [0.2, 0.25) is 0 Å². The van der Waals surface area contributed by atoms with E-state index in [4.69, 9.17) is 0 Å². The van der Waals surface area contributed by atoms with E-state index in [1.807, 2.05) is 36.5 Å². The van der Waals surface area contributed by atoms with Crippen LogP contribution in [-0.2, 0) is 29.1 Å². The van der Waals surface area contributed by atoms with Gasteiger partial charge in [-0.05, 0) is 30.0 Å². The molecule has 1 aromatic carbocycles. The molecule has 24 heavy (non-hydrogen) atoms. The topological polar surface area (TPSA) is 75.4 Å². The molecule has 0 spiro atoms. The van der Waals surface area contributed by atoms with Gasteiger partial charge in [-0.15, -0.1) is 0 Å². The molecule has 1 aromatic heterocycles. The van der Waals surface area contributed by atoms with Crippen LogP contribution in [0.15, 0.2) is 42.7 Å². The van der Waals surface area contributed by atoms with E-state index in [-0.39, 0.29) is 5.91 Å². The molecule has 6 nitrogen and oxygen atoms in total. The molecule has 1 amide bonds. The third kappa shape index (κ3) is 2.48. The molecule has 1 saturated carbocycles. The lowest BCUT2D eigenvalue weighted by Gasteiger charge is -2.36. The number of rotatable bonds is 4. The van der Waals surface area contributed by atoms with Gasteiger partial charge in [0.1, 0.15) is 6.04 Å². The molecule has 1 N–H and O–H groups in total. The largest absolute Gasteiger partial charge is 0.480 e. The predicted octanol–water partition coefficient (Wildman–Crippen LogP) is 1.70. The minimum atomic E-state index is -0.937. The Morgan fingerprint density at radius 3 is 2.58 bits per heavy atom. The van der Waals surface area contributed by atoms with E-state index < -0.39 is 17.4 Å². The van der Waals surface area contributed by atoms with Crippen molar-refractivity contribution in [3.05, 3.63) is 53.9 Å². The van der Waals surface area contributed by atoms with Gasteiger partial charge >= 0.3 is 5.97 Å². The van der Waals surface area contributed by atoms with Gasteiger partial charge in [0, 0.05) is 25.4 Å². The standard InChI is InChI=1S/C18H19N3O3/c22-16(23)15-10-13-4-1-2-5-14(13)11-21(15)17(24)18(6-7-18)12-20-9-3-8-19-20/h1-5,8-9,15H,6-7,10-12H2,(H,22,23)/t15-/m1/s1. The summed E-state index contributed by atoms with van der Waals surface area (Å²) in [5.41, 5.74) is 1.57. The number of carboxylic acid groups (broad SMARTS) is 1. The zero-order valence-electron chi connectivity index (χ0n) is 13.3. The van der Waals surface area contributed by atoms with Crippen molar-refractivity contribution >= 4 is 11.9 Å². The maximum atomic E-state index is 13.2. The molecule has 1 aliphatic carbocycles. The summed E-state index contributed by atoms with van der Waals surface area (Å²) < 4.78 is 1.76. The normalized spacial score (nSPS) is 21.2. The summed E-state index contributed by atoms with van der Waals surface area (Å²) in [4.78, 5) is 26.4. The molecule has 1 atom stereocenters. The zero-order valence-corrected chi connectivity index (χ0v) is 13.3. The number of carbonyl (C=O) groups is 2. The Morgan fingerprint density at radius 2 is 1.96 bits per heavy atom. The van der Waals surface area contributed by atoms with Crippen molar-refractivity contribution in [1.29, 1.82) is 0 Å². The van der Waals surface area contributed by atoms with E-state index in [0.29, 0.717) is 19.5 Å². The number of aromatic nitrogens is 2. The number of benzene rings is 1. The second kappa shape index (κ2) is 5.47. The number of carbonyl (C=O) groups excluding carboxylic acids is 1. The lowest BCUT2D eigenvalue weighted by atomic mass is 9.92. The van der Waals surface area contributed by atoms with Gasteiger partial charge in [-0.3, -0.25) is 9.48 Å². The van der Waals surface area contributed by atoms with Crippen LogP contribution in [0.1, 0.15) is 24.0 Å². The monoisotopic (exact) mass is 325 g/mol. The van der Waals surface area contributed by atoms with Crippen molar-refractivity contribution in [2.75, 3.05) is 0 Å². The fourth-order valence-electron chi connectivity index (χ4n) is 3.56. The van der Waals surface area contributed by atoms with Gasteiger partial charge in [0.25, 0.3) is 0 Å². The molecule has 1 aliphatic heterocycles. The van der Waals surface area contributed by atoms with Crippen LogP contribution in [-0.4, -0.2) is 37.7 Å². The van der Waals surface area contributed by atoms with E-state index in [2.05, 4.69) is 5.10 Å². The smallest absolute Gasteiger partial charge is 0.326 e. The van der Waals surface area contributed by atoms with Gasteiger partial charge in [0.2, 0.25) is 5.91 Å². The first-order valence-electron chi connectivity index (χ1n) is 8.17. The van der Waals surface area contributed by atoms with E-state index in [1.54, 1.807) is 15.8 Å². The number of hydrogen-bond acceptors (Lipinski definition) is 3. The van der Waals surface area contributed by atoms with Crippen molar-refractivity contribution in [1.82, 2.24) is 14.7 Å². The molecule has 2 aliphatic rings. The van der Waals surface area contributed by atoms with E-state index in [0.717, 1.165) is 24.0 Å². The highest BCUT2D eigenvalue weighted by Gasteiger charge is 2.54. The van der Waals surface area contributed by atoms with Crippen LogP contribution in [0.4, 0.5) is 0 Å². The Balaban J connectivity index is 1.62. The first kappa shape index (κ1) is 14.9. The van der Waals surface area contributed by atoms with E-state index >= 15 is 0 Å². The maximum absolute atomic E-state index is 13.2. The SMILES string of the molecule is O=C(O)[C@H]1Cc2ccccc2CN1C(=O)C1(Cn2cccn2)CC1. The summed E-state index contributed by atoms with van der Waals surface area (Å²) in [5, 5.41) is 13.8. The van der Waals surface area contributed by atoms with Crippen LogP contribution in [0, 0.1) is 5.41 Å². The second-order valence-corrected chi connectivity index (χ2v) is 6.74. The Kier molecular flexibility index (Phi) is 3.40. The average Bonchev–Trinajstić information content (AvgIpc) is 3.18. The van der Waals surface area contributed by atoms with Gasteiger partial charge < -0.3 is 10.0 Å². The highest BCUT2D eigenvalue weighted by atomic mass is 16.4. The molecule has 124 valence electrons. The number of amides is 1. The molecule has 0 unspecified atom stereocenters. The van der Waals surface area contributed by atoms with Crippen LogP contribution in [0.5, 0.6) is 0 Å². The molecule has 4 rings (SSSR count). The van der Waals surface area contributed by atoms with Crippen molar-refractivity contribution in [2.24, 2.45) is 5.41 Å². The van der Waals surface area contributed by atoms with Crippen LogP contribution >= 0.6 is 0 Å². The Bertz CT molecular complexity index is 781. The van der Waals surface area contributed by atoms with Crippen LogP contribution in [0.25, 0.3) is 0 Å². The Morgan fingerprint density at radius 1 is 1.21 bits per heavy atom. The molecule has 0 radical (unpaired) electrons. The molecule has 0 bridgehead atoms. The van der Waals surface area contributed by atoms with Crippen molar-refractivity contribution in [2.45, 2.75) is 38.4 Å². The molecule has 2 aromatic rings. The van der Waals surface area contributed by atoms with E-state index in [1.165, 1.54) is 0 Å². The van der Waals surface area contributed by atoms with E-state index in [9.17, 15) is 14.7 Å². The highest BCUT2D eigenvalue weighted by Crippen LogP contribution is 2.49. The summed E-state index contributed by atoms with van der Waals surface area (Å²) in [5.74, 6) is -0.993. The summed E-state index contributed by atoms with van der Waals surface area (Å²) >= 11 is 0. The minimum Gasteiger partial charge on any atom is -0.480 e. The van der Waals surface area contributed by atoms with Crippen LogP contribution in [0.3, 0.4) is 0 Å². The van der Waals surface area contributed by atoms with Crippen molar-refractivity contribution in [3.63, 3.8) is 0 Å². The van der Waals surface area contributed by atoms with Crippen LogP contribution < -0.4 is 0 Å². The first-order chi connectivity index (χ1) is 11.6. The Hall–Kier alpha value is -2.63.